The Labute approximate surface area is 191 Å². The van der Waals surface area contributed by atoms with Crippen molar-refractivity contribution in [3.63, 3.8) is 0 Å². The molecule has 5 nitrogen and oxygen atoms in total. The smallest absolute Gasteiger partial charge is 0.0537 e. The van der Waals surface area contributed by atoms with Crippen LogP contribution in [0.1, 0.15) is 82.4 Å². The van der Waals surface area contributed by atoms with Gasteiger partial charge in [0.25, 0.3) is 0 Å². The second kappa shape index (κ2) is 11.8. The van der Waals surface area contributed by atoms with Crippen LogP contribution in [0.3, 0.4) is 0 Å². The molecule has 4 rings (SSSR count). The highest BCUT2D eigenvalue weighted by Gasteiger charge is 2.29. The first-order valence-corrected chi connectivity index (χ1v) is 13.4. The number of piperidine rings is 2. The molecule has 3 heterocycles. The molecule has 0 spiro atoms. The van der Waals surface area contributed by atoms with Gasteiger partial charge in [-0.1, -0.05) is 26.2 Å². The van der Waals surface area contributed by atoms with Crippen molar-refractivity contribution in [1.82, 2.24) is 24.5 Å². The Bertz CT molecular complexity index is 644. The molecule has 3 aliphatic rings. The van der Waals surface area contributed by atoms with Crippen molar-refractivity contribution in [3.8, 4) is 0 Å². The monoisotopic (exact) mass is 429 g/mol. The SMILES string of the molecule is CCCn1ncc(CN(CCN2CCCCC2)CC2CCCN(C3CCCC3)C2)c1C. The Morgan fingerprint density at radius 1 is 0.968 bits per heavy atom. The molecule has 0 N–H and O–H groups in total. The van der Waals surface area contributed by atoms with Gasteiger partial charge in [-0.25, -0.2) is 0 Å². The van der Waals surface area contributed by atoms with Crippen LogP contribution in [0.5, 0.6) is 0 Å². The molecule has 1 saturated carbocycles. The molecule has 3 fully saturated rings. The molecule has 1 aromatic heterocycles. The molecule has 5 heteroatoms. The molecule has 2 aliphatic heterocycles. The van der Waals surface area contributed by atoms with E-state index >= 15 is 0 Å². The highest BCUT2D eigenvalue weighted by atomic mass is 15.3. The number of rotatable bonds is 10. The molecule has 0 radical (unpaired) electrons. The van der Waals surface area contributed by atoms with Gasteiger partial charge in [-0.05, 0) is 77.4 Å². The summed E-state index contributed by atoms with van der Waals surface area (Å²) >= 11 is 0. The molecule has 2 saturated heterocycles. The molecule has 0 amide bonds. The first-order valence-electron chi connectivity index (χ1n) is 13.4. The largest absolute Gasteiger partial charge is 0.302 e. The maximum absolute atomic E-state index is 4.69. The number of aryl methyl sites for hydroxylation is 1. The fourth-order valence-electron chi connectivity index (χ4n) is 6.23. The fraction of sp³-hybridized carbons (Fsp3) is 0.885. The molecule has 1 aromatic rings. The summed E-state index contributed by atoms with van der Waals surface area (Å²) in [4.78, 5) is 8.34. The molecular formula is C26H47N5. The van der Waals surface area contributed by atoms with Gasteiger partial charge in [0.05, 0.1) is 6.20 Å². The lowest BCUT2D eigenvalue weighted by molar-refractivity contribution is 0.0911. The lowest BCUT2D eigenvalue weighted by Gasteiger charge is -2.39. The topological polar surface area (TPSA) is 27.5 Å². The van der Waals surface area contributed by atoms with Crippen LogP contribution in [0.15, 0.2) is 6.20 Å². The van der Waals surface area contributed by atoms with Crippen molar-refractivity contribution in [1.29, 1.82) is 0 Å². The number of hydrogen-bond acceptors (Lipinski definition) is 4. The molecule has 31 heavy (non-hydrogen) atoms. The normalized spacial score (nSPS) is 24.4. The summed E-state index contributed by atoms with van der Waals surface area (Å²) in [5, 5.41) is 4.69. The predicted octanol–water partition coefficient (Wildman–Crippen LogP) is 4.54. The lowest BCUT2D eigenvalue weighted by atomic mass is 9.95. The molecule has 1 atom stereocenters. The Hall–Kier alpha value is -0.910. The van der Waals surface area contributed by atoms with Gasteiger partial charge in [0.15, 0.2) is 0 Å². The van der Waals surface area contributed by atoms with Crippen molar-refractivity contribution in [2.75, 3.05) is 45.8 Å². The summed E-state index contributed by atoms with van der Waals surface area (Å²) in [5.74, 6) is 0.835. The van der Waals surface area contributed by atoms with Crippen LogP contribution in [0.25, 0.3) is 0 Å². The number of aromatic nitrogens is 2. The minimum atomic E-state index is 0.835. The van der Waals surface area contributed by atoms with Gasteiger partial charge in [0.2, 0.25) is 0 Å². The van der Waals surface area contributed by atoms with Gasteiger partial charge in [-0.15, -0.1) is 0 Å². The van der Waals surface area contributed by atoms with E-state index < -0.39 is 0 Å². The molecular weight excluding hydrogens is 382 g/mol. The van der Waals surface area contributed by atoms with Crippen molar-refractivity contribution in [2.45, 2.75) is 97.2 Å². The van der Waals surface area contributed by atoms with E-state index in [1.807, 2.05) is 0 Å². The van der Waals surface area contributed by atoms with Gasteiger partial charge in [0, 0.05) is 56.6 Å². The Kier molecular flexibility index (Phi) is 8.86. The molecule has 1 unspecified atom stereocenters. The van der Waals surface area contributed by atoms with Crippen LogP contribution in [-0.4, -0.2) is 76.3 Å². The third kappa shape index (κ3) is 6.55. The molecule has 176 valence electrons. The Balaban J connectivity index is 1.37. The average Bonchev–Trinajstić information content (AvgIpc) is 3.45. The van der Waals surface area contributed by atoms with Crippen LogP contribution in [0.4, 0.5) is 0 Å². The lowest BCUT2D eigenvalue weighted by Crippen LogP contribution is -2.46. The Morgan fingerprint density at radius 2 is 1.77 bits per heavy atom. The minimum Gasteiger partial charge on any atom is -0.302 e. The third-order valence-corrected chi connectivity index (χ3v) is 8.12. The van der Waals surface area contributed by atoms with Gasteiger partial charge in [0.1, 0.15) is 0 Å². The minimum absolute atomic E-state index is 0.835. The summed E-state index contributed by atoms with van der Waals surface area (Å²) in [6, 6.07) is 0.888. The van der Waals surface area contributed by atoms with Crippen LogP contribution in [-0.2, 0) is 13.1 Å². The summed E-state index contributed by atoms with van der Waals surface area (Å²) in [6.45, 7) is 15.6. The van der Waals surface area contributed by atoms with E-state index in [0.717, 1.165) is 31.5 Å². The standard InChI is InChI=1S/C26H47N5/c1-3-13-31-23(2)25(19-27-31)22-29(18-17-28-14-7-4-8-15-28)20-24-10-9-16-30(21-24)26-11-5-6-12-26/h19,24,26H,3-18,20-22H2,1-2H3. The maximum Gasteiger partial charge on any atom is 0.0537 e. The van der Waals surface area contributed by atoms with E-state index in [1.165, 1.54) is 115 Å². The Morgan fingerprint density at radius 3 is 2.55 bits per heavy atom. The summed E-state index contributed by atoms with van der Waals surface area (Å²) < 4.78 is 2.21. The zero-order chi connectivity index (χ0) is 21.5. The second-order valence-electron chi connectivity index (χ2n) is 10.6. The maximum atomic E-state index is 4.69. The number of hydrogen-bond donors (Lipinski definition) is 0. The van der Waals surface area contributed by atoms with Gasteiger partial charge < -0.3 is 9.80 Å². The van der Waals surface area contributed by atoms with Gasteiger partial charge in [-0.2, -0.15) is 5.10 Å². The van der Waals surface area contributed by atoms with Gasteiger partial charge in [-0.3, -0.25) is 9.58 Å². The van der Waals surface area contributed by atoms with Crippen molar-refractivity contribution in [3.05, 3.63) is 17.5 Å². The third-order valence-electron chi connectivity index (χ3n) is 8.12. The quantitative estimate of drug-likeness (QED) is 0.546. The predicted molar refractivity (Wildman–Crippen MR) is 129 cm³/mol. The van der Waals surface area contributed by atoms with E-state index in [2.05, 4.69) is 39.4 Å². The first kappa shape index (κ1) is 23.3. The van der Waals surface area contributed by atoms with Crippen LogP contribution in [0.2, 0.25) is 0 Å². The second-order valence-corrected chi connectivity index (χ2v) is 10.6. The van der Waals surface area contributed by atoms with E-state index in [-0.39, 0.29) is 0 Å². The van der Waals surface area contributed by atoms with Gasteiger partial charge >= 0.3 is 0 Å². The number of likely N-dealkylation sites (tertiary alicyclic amines) is 2. The van der Waals surface area contributed by atoms with Crippen LogP contribution in [0, 0.1) is 12.8 Å². The van der Waals surface area contributed by atoms with E-state index in [9.17, 15) is 0 Å². The molecule has 0 aromatic carbocycles. The van der Waals surface area contributed by atoms with Crippen molar-refractivity contribution in [2.24, 2.45) is 5.92 Å². The number of nitrogens with zero attached hydrogens (tertiary/aromatic N) is 5. The van der Waals surface area contributed by atoms with Crippen molar-refractivity contribution < 1.29 is 0 Å². The highest BCUT2D eigenvalue weighted by Crippen LogP contribution is 2.28. The van der Waals surface area contributed by atoms with Crippen LogP contribution < -0.4 is 0 Å². The molecule has 0 bridgehead atoms. The summed E-state index contributed by atoms with van der Waals surface area (Å²) in [6.07, 6.45) is 16.1. The zero-order valence-electron chi connectivity index (χ0n) is 20.4. The molecule has 1 aliphatic carbocycles. The zero-order valence-corrected chi connectivity index (χ0v) is 20.4. The van der Waals surface area contributed by atoms with Crippen molar-refractivity contribution >= 4 is 0 Å². The summed E-state index contributed by atoms with van der Waals surface area (Å²) in [5.41, 5.74) is 2.82. The fourth-order valence-corrected chi connectivity index (χ4v) is 6.23. The highest BCUT2D eigenvalue weighted by molar-refractivity contribution is 5.16. The van der Waals surface area contributed by atoms with E-state index in [1.54, 1.807) is 0 Å². The average molecular weight is 430 g/mol. The van der Waals surface area contributed by atoms with E-state index in [4.69, 9.17) is 5.10 Å². The summed E-state index contributed by atoms with van der Waals surface area (Å²) in [7, 11) is 0. The van der Waals surface area contributed by atoms with E-state index in [0.29, 0.717) is 0 Å². The van der Waals surface area contributed by atoms with Crippen LogP contribution >= 0.6 is 0 Å². The first-order chi connectivity index (χ1) is 15.2.